The number of anilines is 1. The van der Waals surface area contributed by atoms with E-state index < -0.39 is 0 Å². The van der Waals surface area contributed by atoms with Crippen molar-refractivity contribution < 1.29 is 0 Å². The van der Waals surface area contributed by atoms with Crippen molar-refractivity contribution in [2.75, 3.05) is 5.32 Å². The van der Waals surface area contributed by atoms with Crippen LogP contribution < -0.4 is 10.6 Å². The van der Waals surface area contributed by atoms with Crippen molar-refractivity contribution >= 4 is 34.7 Å². The van der Waals surface area contributed by atoms with E-state index in [0.717, 1.165) is 22.8 Å². The monoisotopic (exact) mass is 374 g/mol. The maximum atomic E-state index is 5.90. The van der Waals surface area contributed by atoms with Crippen LogP contribution in [0.15, 0.2) is 48.8 Å². The van der Waals surface area contributed by atoms with Gasteiger partial charge >= 0.3 is 0 Å². The van der Waals surface area contributed by atoms with Gasteiger partial charge in [0.15, 0.2) is 10.9 Å². The summed E-state index contributed by atoms with van der Waals surface area (Å²) in [6.07, 6.45) is 3.70. The second kappa shape index (κ2) is 8.13. The summed E-state index contributed by atoms with van der Waals surface area (Å²) in [7, 11) is 0. The molecule has 1 aromatic carbocycles. The highest BCUT2D eigenvalue weighted by molar-refractivity contribution is 7.80. The Morgan fingerprint density at radius 1 is 1.20 bits per heavy atom. The summed E-state index contributed by atoms with van der Waals surface area (Å²) in [5.74, 6) is 0.704. The van der Waals surface area contributed by atoms with Gasteiger partial charge in [-0.1, -0.05) is 23.7 Å². The average Bonchev–Trinajstić information content (AvgIpc) is 3.24. The number of halogens is 1. The number of nitrogens with zero attached hydrogens (tertiary/aromatic N) is 4. The number of thiocarbonyl (C=S) groups is 1. The molecule has 0 saturated carbocycles. The van der Waals surface area contributed by atoms with Gasteiger partial charge in [0.25, 0.3) is 0 Å². The van der Waals surface area contributed by atoms with Gasteiger partial charge in [0.1, 0.15) is 0 Å². The zero-order valence-electron chi connectivity index (χ0n) is 13.8. The Kier molecular flexibility index (Phi) is 5.67. The Morgan fingerprint density at radius 3 is 2.76 bits per heavy atom. The molecule has 0 aliphatic carbocycles. The second-order valence-corrected chi connectivity index (χ2v) is 6.32. The SMILES string of the molecule is CCn1nccc1CNC(=S)Nc1ccn(Cc2ccc(Cl)cc2)n1. The van der Waals surface area contributed by atoms with Crippen LogP contribution in [0.5, 0.6) is 0 Å². The molecule has 0 amide bonds. The maximum Gasteiger partial charge on any atom is 0.172 e. The fourth-order valence-corrected chi connectivity index (χ4v) is 2.72. The number of aryl methyl sites for hydroxylation is 1. The fourth-order valence-electron chi connectivity index (χ4n) is 2.42. The number of hydrogen-bond donors (Lipinski definition) is 2. The van der Waals surface area contributed by atoms with Crippen LogP contribution in [0.4, 0.5) is 5.82 Å². The van der Waals surface area contributed by atoms with Gasteiger partial charge in [0, 0.05) is 30.0 Å². The van der Waals surface area contributed by atoms with Gasteiger partial charge in [-0.15, -0.1) is 0 Å². The molecule has 6 nitrogen and oxygen atoms in total. The molecule has 0 radical (unpaired) electrons. The summed E-state index contributed by atoms with van der Waals surface area (Å²) in [4.78, 5) is 0. The molecule has 0 saturated heterocycles. The van der Waals surface area contributed by atoms with Crippen LogP contribution in [0, 0.1) is 0 Å². The second-order valence-electron chi connectivity index (χ2n) is 5.47. The molecule has 0 aliphatic rings. The summed E-state index contributed by atoms with van der Waals surface area (Å²) in [6.45, 7) is 4.18. The molecule has 2 heterocycles. The molecular weight excluding hydrogens is 356 g/mol. The van der Waals surface area contributed by atoms with Crippen LogP contribution in [0.25, 0.3) is 0 Å². The molecule has 0 unspecified atom stereocenters. The van der Waals surface area contributed by atoms with Gasteiger partial charge in [-0.3, -0.25) is 9.36 Å². The van der Waals surface area contributed by atoms with Crippen molar-refractivity contribution in [1.82, 2.24) is 24.9 Å². The van der Waals surface area contributed by atoms with E-state index in [1.54, 1.807) is 6.20 Å². The third kappa shape index (κ3) is 4.80. The van der Waals surface area contributed by atoms with Crippen molar-refractivity contribution in [1.29, 1.82) is 0 Å². The third-order valence-corrected chi connectivity index (χ3v) is 4.17. The van der Waals surface area contributed by atoms with E-state index in [1.807, 2.05) is 52.0 Å². The van der Waals surface area contributed by atoms with Crippen LogP contribution in [-0.4, -0.2) is 24.7 Å². The lowest BCUT2D eigenvalue weighted by atomic mass is 10.2. The van der Waals surface area contributed by atoms with E-state index in [9.17, 15) is 0 Å². The molecule has 130 valence electrons. The molecule has 0 bridgehead atoms. The van der Waals surface area contributed by atoms with Crippen molar-refractivity contribution in [3.8, 4) is 0 Å². The predicted molar refractivity (Wildman–Crippen MR) is 104 cm³/mol. The summed E-state index contributed by atoms with van der Waals surface area (Å²) >= 11 is 11.2. The first-order chi connectivity index (χ1) is 12.1. The van der Waals surface area contributed by atoms with Crippen LogP contribution in [-0.2, 0) is 19.6 Å². The number of rotatable bonds is 6. The molecule has 0 fully saturated rings. The minimum atomic E-state index is 0.528. The number of aromatic nitrogens is 4. The zero-order chi connectivity index (χ0) is 17.6. The Hall–Kier alpha value is -2.38. The van der Waals surface area contributed by atoms with Crippen LogP contribution in [0.1, 0.15) is 18.2 Å². The lowest BCUT2D eigenvalue weighted by molar-refractivity contribution is 0.614. The minimum absolute atomic E-state index is 0.528. The first kappa shape index (κ1) is 17.4. The van der Waals surface area contributed by atoms with E-state index in [-0.39, 0.29) is 0 Å². The highest BCUT2D eigenvalue weighted by atomic mass is 35.5. The smallest absolute Gasteiger partial charge is 0.172 e. The molecule has 2 N–H and O–H groups in total. The first-order valence-electron chi connectivity index (χ1n) is 7.97. The number of hydrogen-bond acceptors (Lipinski definition) is 3. The summed E-state index contributed by atoms with van der Waals surface area (Å²) in [6, 6.07) is 11.6. The quantitative estimate of drug-likeness (QED) is 0.648. The summed E-state index contributed by atoms with van der Waals surface area (Å²) < 4.78 is 3.77. The normalized spacial score (nSPS) is 10.6. The zero-order valence-corrected chi connectivity index (χ0v) is 15.4. The highest BCUT2D eigenvalue weighted by Crippen LogP contribution is 2.11. The molecule has 25 heavy (non-hydrogen) atoms. The Bertz CT molecular complexity index is 839. The van der Waals surface area contributed by atoms with Crippen molar-refractivity contribution in [3.05, 3.63) is 65.1 Å². The van der Waals surface area contributed by atoms with Gasteiger partial charge in [-0.2, -0.15) is 10.2 Å². The molecule has 0 spiro atoms. The summed E-state index contributed by atoms with van der Waals surface area (Å²) in [5.41, 5.74) is 2.22. The van der Waals surface area contributed by atoms with E-state index in [0.29, 0.717) is 24.0 Å². The van der Waals surface area contributed by atoms with E-state index >= 15 is 0 Å². The van der Waals surface area contributed by atoms with Gasteiger partial charge in [0.05, 0.1) is 18.8 Å². The molecule has 2 aromatic heterocycles. The van der Waals surface area contributed by atoms with Crippen LogP contribution in [0.3, 0.4) is 0 Å². The van der Waals surface area contributed by atoms with Gasteiger partial charge < -0.3 is 10.6 Å². The standard InChI is InChI=1S/C17H19ClN6S/c1-2-24-15(7-9-20-24)11-19-17(25)21-16-8-10-23(22-16)12-13-3-5-14(18)6-4-13/h3-10H,2,11-12H2,1H3,(H2,19,21,22,25). The Morgan fingerprint density at radius 2 is 2.00 bits per heavy atom. The molecule has 3 aromatic rings. The number of benzene rings is 1. The molecular formula is C17H19ClN6S. The largest absolute Gasteiger partial charge is 0.357 e. The third-order valence-electron chi connectivity index (χ3n) is 3.67. The average molecular weight is 375 g/mol. The minimum Gasteiger partial charge on any atom is -0.357 e. The first-order valence-corrected chi connectivity index (χ1v) is 8.76. The molecule has 0 aliphatic heterocycles. The lowest BCUT2D eigenvalue weighted by Gasteiger charge is -2.09. The van der Waals surface area contributed by atoms with E-state index in [4.69, 9.17) is 23.8 Å². The molecule has 8 heteroatoms. The van der Waals surface area contributed by atoms with Gasteiger partial charge in [-0.25, -0.2) is 0 Å². The highest BCUT2D eigenvalue weighted by Gasteiger charge is 2.05. The van der Waals surface area contributed by atoms with Gasteiger partial charge in [-0.05, 0) is 42.9 Å². The Balaban J connectivity index is 1.52. The van der Waals surface area contributed by atoms with Gasteiger partial charge in [0.2, 0.25) is 0 Å². The van der Waals surface area contributed by atoms with Crippen LogP contribution >= 0.6 is 23.8 Å². The van der Waals surface area contributed by atoms with Crippen LogP contribution in [0.2, 0.25) is 5.02 Å². The van der Waals surface area contributed by atoms with E-state index in [1.165, 1.54) is 0 Å². The van der Waals surface area contributed by atoms with E-state index in [2.05, 4.69) is 27.8 Å². The lowest BCUT2D eigenvalue weighted by Crippen LogP contribution is -2.29. The Labute approximate surface area is 156 Å². The van der Waals surface area contributed by atoms with Crippen molar-refractivity contribution in [2.24, 2.45) is 0 Å². The van der Waals surface area contributed by atoms with Crippen molar-refractivity contribution in [3.63, 3.8) is 0 Å². The van der Waals surface area contributed by atoms with Crippen molar-refractivity contribution in [2.45, 2.75) is 26.6 Å². The molecule has 0 atom stereocenters. The predicted octanol–water partition coefficient (Wildman–Crippen LogP) is 3.29. The molecule has 3 rings (SSSR count). The topological polar surface area (TPSA) is 59.7 Å². The maximum absolute atomic E-state index is 5.90. The number of nitrogens with one attached hydrogen (secondary N) is 2. The fraction of sp³-hybridized carbons (Fsp3) is 0.235. The summed E-state index contributed by atoms with van der Waals surface area (Å²) in [5, 5.41) is 16.2.